The van der Waals surface area contributed by atoms with Gasteiger partial charge in [0, 0.05) is 12.8 Å². The molecule has 1 aliphatic rings. The Morgan fingerprint density at radius 3 is 3.17 bits per heavy atom. The van der Waals surface area contributed by atoms with Crippen LogP contribution in [-0.2, 0) is 4.74 Å². The smallest absolute Gasteiger partial charge is 0.145 e. The number of hydrogen-bond acceptors (Lipinski definition) is 3. The summed E-state index contributed by atoms with van der Waals surface area (Å²) in [6.07, 6.45) is 2.97. The van der Waals surface area contributed by atoms with Crippen LogP contribution in [0.1, 0.15) is 17.6 Å². The van der Waals surface area contributed by atoms with Crippen molar-refractivity contribution >= 4 is 11.8 Å². The molecular weight excluding hydrogens is 170 g/mol. The summed E-state index contributed by atoms with van der Waals surface area (Å²) in [5.74, 6) is 1.18. The molecule has 1 aliphatic heterocycles. The Morgan fingerprint density at radius 2 is 2.50 bits per heavy atom. The third-order valence-electron chi connectivity index (χ3n) is 1.76. The van der Waals surface area contributed by atoms with Crippen LogP contribution in [-0.4, -0.2) is 17.3 Å². The Labute approximate surface area is 76.3 Å². The highest BCUT2D eigenvalue weighted by Crippen LogP contribution is 2.32. The average molecular weight is 181 g/mol. The second-order valence-electron chi connectivity index (χ2n) is 2.68. The molecule has 2 nitrogen and oxygen atoms in total. The monoisotopic (exact) mass is 181 g/mol. The Balaban J connectivity index is 2.08. The SMILES string of the molecule is c1ccc([C@@H]2OCCCS2)nc1. The van der Waals surface area contributed by atoms with Crippen molar-refractivity contribution in [2.45, 2.75) is 11.9 Å². The van der Waals surface area contributed by atoms with Gasteiger partial charge in [0.05, 0.1) is 5.69 Å². The molecule has 0 spiro atoms. The lowest BCUT2D eigenvalue weighted by Crippen LogP contribution is -2.10. The fourth-order valence-corrected chi connectivity index (χ4v) is 2.18. The summed E-state index contributed by atoms with van der Waals surface area (Å²) >= 11 is 1.83. The maximum atomic E-state index is 5.56. The van der Waals surface area contributed by atoms with Gasteiger partial charge in [0.2, 0.25) is 0 Å². The minimum Gasteiger partial charge on any atom is -0.361 e. The molecule has 1 saturated heterocycles. The van der Waals surface area contributed by atoms with Gasteiger partial charge in [0.1, 0.15) is 5.44 Å². The summed E-state index contributed by atoms with van der Waals surface area (Å²) in [5.41, 5.74) is 1.21. The fourth-order valence-electron chi connectivity index (χ4n) is 1.17. The first-order chi connectivity index (χ1) is 5.97. The van der Waals surface area contributed by atoms with Crippen molar-refractivity contribution < 1.29 is 4.74 Å². The molecule has 1 aromatic heterocycles. The lowest BCUT2D eigenvalue weighted by Gasteiger charge is -2.21. The lowest BCUT2D eigenvalue weighted by atomic mass is 10.4. The molecule has 1 atom stereocenters. The van der Waals surface area contributed by atoms with Crippen LogP contribution < -0.4 is 0 Å². The van der Waals surface area contributed by atoms with Gasteiger partial charge >= 0.3 is 0 Å². The molecule has 2 rings (SSSR count). The van der Waals surface area contributed by atoms with E-state index in [2.05, 4.69) is 4.98 Å². The highest BCUT2D eigenvalue weighted by molar-refractivity contribution is 7.99. The van der Waals surface area contributed by atoms with E-state index in [1.807, 2.05) is 36.2 Å². The summed E-state index contributed by atoms with van der Waals surface area (Å²) in [4.78, 5) is 4.26. The first kappa shape index (κ1) is 8.08. The lowest BCUT2D eigenvalue weighted by molar-refractivity contribution is 0.104. The van der Waals surface area contributed by atoms with Crippen molar-refractivity contribution in [1.29, 1.82) is 0 Å². The predicted molar refractivity (Wildman–Crippen MR) is 50.0 cm³/mol. The number of aromatic nitrogens is 1. The van der Waals surface area contributed by atoms with Gasteiger partial charge in [0.15, 0.2) is 0 Å². The van der Waals surface area contributed by atoms with E-state index >= 15 is 0 Å². The van der Waals surface area contributed by atoms with E-state index in [-0.39, 0.29) is 5.44 Å². The highest BCUT2D eigenvalue weighted by atomic mass is 32.2. The molecule has 3 heteroatoms. The molecular formula is C9H11NOS. The second kappa shape index (κ2) is 3.92. The van der Waals surface area contributed by atoms with Crippen molar-refractivity contribution in [2.75, 3.05) is 12.4 Å². The zero-order chi connectivity index (χ0) is 8.23. The van der Waals surface area contributed by atoms with Crippen LogP contribution in [0.2, 0.25) is 0 Å². The summed E-state index contributed by atoms with van der Waals surface area (Å²) in [6.45, 7) is 0.869. The van der Waals surface area contributed by atoms with Crippen LogP contribution in [0.4, 0.5) is 0 Å². The molecule has 0 N–H and O–H groups in total. The second-order valence-corrected chi connectivity index (χ2v) is 3.85. The van der Waals surface area contributed by atoms with Crippen molar-refractivity contribution in [2.24, 2.45) is 0 Å². The van der Waals surface area contributed by atoms with Gasteiger partial charge in [-0.2, -0.15) is 0 Å². The maximum Gasteiger partial charge on any atom is 0.145 e. The predicted octanol–water partition coefficient (Wildman–Crippen LogP) is 2.23. The zero-order valence-electron chi connectivity index (χ0n) is 6.77. The Morgan fingerprint density at radius 1 is 1.50 bits per heavy atom. The minimum absolute atomic E-state index is 0.167. The summed E-state index contributed by atoms with van der Waals surface area (Å²) in [6, 6.07) is 5.95. The van der Waals surface area contributed by atoms with Crippen LogP contribution in [0.5, 0.6) is 0 Å². The van der Waals surface area contributed by atoms with E-state index in [0.717, 1.165) is 18.7 Å². The molecule has 1 fully saturated rings. The number of thioether (sulfide) groups is 1. The zero-order valence-corrected chi connectivity index (χ0v) is 7.59. The van der Waals surface area contributed by atoms with Crippen LogP contribution in [0.3, 0.4) is 0 Å². The van der Waals surface area contributed by atoms with E-state index < -0.39 is 0 Å². The van der Waals surface area contributed by atoms with Crippen LogP contribution >= 0.6 is 11.8 Å². The molecule has 0 saturated carbocycles. The quantitative estimate of drug-likeness (QED) is 0.663. The molecule has 12 heavy (non-hydrogen) atoms. The molecule has 0 unspecified atom stereocenters. The standard InChI is InChI=1S/C9H11NOS/c1-2-5-10-8(4-1)9-11-6-3-7-12-9/h1-2,4-5,9H,3,6-7H2/t9-/m1/s1. The van der Waals surface area contributed by atoms with Crippen molar-refractivity contribution in [1.82, 2.24) is 4.98 Å². The number of ether oxygens (including phenoxy) is 1. The fraction of sp³-hybridized carbons (Fsp3) is 0.444. The first-order valence-corrected chi connectivity index (χ1v) is 5.16. The van der Waals surface area contributed by atoms with Gasteiger partial charge in [0.25, 0.3) is 0 Å². The van der Waals surface area contributed by atoms with Gasteiger partial charge < -0.3 is 4.74 Å². The van der Waals surface area contributed by atoms with Crippen molar-refractivity contribution in [3.05, 3.63) is 30.1 Å². The normalized spacial score (nSPS) is 23.8. The molecule has 0 radical (unpaired) electrons. The molecule has 0 amide bonds. The van der Waals surface area contributed by atoms with Gasteiger partial charge in [-0.15, -0.1) is 11.8 Å². The average Bonchev–Trinajstić information content (AvgIpc) is 2.21. The van der Waals surface area contributed by atoms with E-state index in [4.69, 9.17) is 4.74 Å². The number of pyridine rings is 1. The Bertz CT molecular complexity index is 234. The number of hydrogen-bond donors (Lipinski definition) is 0. The van der Waals surface area contributed by atoms with E-state index in [1.54, 1.807) is 0 Å². The molecule has 0 aliphatic carbocycles. The van der Waals surface area contributed by atoms with Crippen molar-refractivity contribution in [3.8, 4) is 0 Å². The van der Waals surface area contributed by atoms with Crippen molar-refractivity contribution in [3.63, 3.8) is 0 Å². The van der Waals surface area contributed by atoms with Crippen LogP contribution in [0.15, 0.2) is 24.4 Å². The van der Waals surface area contributed by atoms with E-state index in [1.165, 1.54) is 5.75 Å². The minimum atomic E-state index is 0.167. The first-order valence-electron chi connectivity index (χ1n) is 4.11. The molecule has 64 valence electrons. The largest absolute Gasteiger partial charge is 0.361 e. The van der Waals surface area contributed by atoms with Gasteiger partial charge in [-0.3, -0.25) is 4.98 Å². The Kier molecular flexibility index (Phi) is 2.64. The molecule has 2 heterocycles. The maximum absolute atomic E-state index is 5.56. The third-order valence-corrected chi connectivity index (χ3v) is 2.96. The van der Waals surface area contributed by atoms with Gasteiger partial charge in [-0.05, 0) is 24.3 Å². The number of rotatable bonds is 1. The van der Waals surface area contributed by atoms with Gasteiger partial charge in [-0.25, -0.2) is 0 Å². The summed E-state index contributed by atoms with van der Waals surface area (Å²) in [7, 11) is 0. The highest BCUT2D eigenvalue weighted by Gasteiger charge is 2.16. The summed E-state index contributed by atoms with van der Waals surface area (Å²) in [5, 5.41) is 0. The molecule has 0 bridgehead atoms. The number of nitrogens with zero attached hydrogens (tertiary/aromatic N) is 1. The Hall–Kier alpha value is -0.540. The third kappa shape index (κ3) is 1.79. The van der Waals surface area contributed by atoms with Crippen LogP contribution in [0, 0.1) is 0 Å². The summed E-state index contributed by atoms with van der Waals surface area (Å²) < 4.78 is 5.56. The molecule has 1 aromatic rings. The van der Waals surface area contributed by atoms with E-state index in [9.17, 15) is 0 Å². The van der Waals surface area contributed by atoms with E-state index in [0.29, 0.717) is 0 Å². The van der Waals surface area contributed by atoms with Crippen LogP contribution in [0.25, 0.3) is 0 Å². The van der Waals surface area contributed by atoms with Gasteiger partial charge in [-0.1, -0.05) is 6.07 Å². The topological polar surface area (TPSA) is 22.1 Å². The molecule has 0 aromatic carbocycles.